The van der Waals surface area contributed by atoms with Crippen molar-refractivity contribution in [3.8, 4) is 11.5 Å². The van der Waals surface area contributed by atoms with Crippen LogP contribution in [0.4, 0.5) is 5.69 Å². The lowest BCUT2D eigenvalue weighted by Gasteiger charge is -2.14. The molecule has 0 aliphatic heterocycles. The minimum absolute atomic E-state index is 0.514. The average Bonchev–Trinajstić information content (AvgIpc) is 2.91. The molecule has 0 fully saturated rings. The van der Waals surface area contributed by atoms with Crippen LogP contribution in [0.25, 0.3) is 0 Å². The van der Waals surface area contributed by atoms with Gasteiger partial charge in [0.1, 0.15) is 11.5 Å². The van der Waals surface area contributed by atoms with Gasteiger partial charge in [-0.05, 0) is 30.4 Å². The van der Waals surface area contributed by atoms with Crippen molar-refractivity contribution in [2.75, 3.05) is 19.5 Å². The lowest BCUT2D eigenvalue weighted by atomic mass is 10.2. The Morgan fingerprint density at radius 3 is 2.71 bits per heavy atom. The number of thiocarbonyl (C=S) groups is 1. The van der Waals surface area contributed by atoms with Crippen LogP contribution in [0.1, 0.15) is 5.69 Å². The van der Waals surface area contributed by atoms with Crippen molar-refractivity contribution in [2.24, 2.45) is 7.05 Å². The van der Waals surface area contributed by atoms with Crippen LogP contribution >= 0.6 is 12.2 Å². The van der Waals surface area contributed by atoms with Gasteiger partial charge < -0.3 is 20.1 Å². The smallest absolute Gasteiger partial charge is 0.171 e. The van der Waals surface area contributed by atoms with Crippen LogP contribution < -0.4 is 20.1 Å². The molecule has 0 aliphatic carbocycles. The fourth-order valence-electron chi connectivity index (χ4n) is 1.81. The van der Waals surface area contributed by atoms with Gasteiger partial charge >= 0.3 is 0 Å². The molecule has 21 heavy (non-hydrogen) atoms. The van der Waals surface area contributed by atoms with Crippen molar-refractivity contribution >= 4 is 23.0 Å². The first-order valence-electron chi connectivity index (χ1n) is 6.38. The number of hydrogen-bond donors (Lipinski definition) is 2. The number of nitrogens with one attached hydrogen (secondary N) is 2. The second kappa shape index (κ2) is 6.94. The number of anilines is 1. The second-order valence-electron chi connectivity index (χ2n) is 4.32. The molecule has 0 atom stereocenters. The van der Waals surface area contributed by atoms with Crippen molar-refractivity contribution in [3.05, 3.63) is 36.2 Å². The highest BCUT2D eigenvalue weighted by Gasteiger charge is 2.07. The number of rotatable bonds is 5. The lowest BCUT2D eigenvalue weighted by Crippen LogP contribution is -2.28. The molecule has 0 radical (unpaired) electrons. The van der Waals surface area contributed by atoms with E-state index in [9.17, 15) is 0 Å². The summed E-state index contributed by atoms with van der Waals surface area (Å²) in [6.45, 7) is 0.598. The van der Waals surface area contributed by atoms with Crippen LogP contribution in [0.3, 0.4) is 0 Å². The van der Waals surface area contributed by atoms with Crippen LogP contribution in [-0.2, 0) is 13.6 Å². The molecule has 7 heteroatoms. The zero-order chi connectivity index (χ0) is 15.2. The summed E-state index contributed by atoms with van der Waals surface area (Å²) in [4.78, 5) is 0. The maximum absolute atomic E-state index is 5.31. The van der Waals surface area contributed by atoms with E-state index < -0.39 is 0 Å². The molecular weight excluding hydrogens is 288 g/mol. The Bertz CT molecular complexity index is 627. The summed E-state index contributed by atoms with van der Waals surface area (Å²) >= 11 is 5.28. The van der Waals surface area contributed by atoms with E-state index in [1.807, 2.05) is 25.2 Å². The largest absolute Gasteiger partial charge is 0.497 e. The minimum Gasteiger partial charge on any atom is -0.497 e. The first kappa shape index (κ1) is 15.1. The van der Waals surface area contributed by atoms with E-state index in [0.717, 1.165) is 17.1 Å². The summed E-state index contributed by atoms with van der Waals surface area (Å²) in [7, 11) is 5.11. The normalized spacial score (nSPS) is 10.0. The molecular formula is C14H18N4O2S. The summed E-state index contributed by atoms with van der Waals surface area (Å²) in [5.74, 6) is 1.39. The van der Waals surface area contributed by atoms with Crippen molar-refractivity contribution in [2.45, 2.75) is 6.54 Å². The third kappa shape index (κ3) is 3.85. The molecule has 1 heterocycles. The van der Waals surface area contributed by atoms with Gasteiger partial charge in [-0.25, -0.2) is 0 Å². The van der Waals surface area contributed by atoms with Crippen LogP contribution in [0.15, 0.2) is 30.5 Å². The van der Waals surface area contributed by atoms with Gasteiger partial charge in [0.15, 0.2) is 5.11 Å². The second-order valence-corrected chi connectivity index (χ2v) is 4.73. The molecule has 1 aromatic heterocycles. The van der Waals surface area contributed by atoms with Gasteiger partial charge in [-0.3, -0.25) is 4.68 Å². The third-order valence-corrected chi connectivity index (χ3v) is 3.26. The van der Waals surface area contributed by atoms with Gasteiger partial charge in [0, 0.05) is 19.3 Å². The average molecular weight is 306 g/mol. The van der Waals surface area contributed by atoms with Crippen molar-refractivity contribution in [3.63, 3.8) is 0 Å². The first-order valence-corrected chi connectivity index (χ1v) is 6.78. The Morgan fingerprint density at radius 1 is 1.29 bits per heavy atom. The van der Waals surface area contributed by atoms with Gasteiger partial charge in [-0.2, -0.15) is 5.10 Å². The predicted octanol–water partition coefficient (Wildman–Crippen LogP) is 1.92. The monoisotopic (exact) mass is 306 g/mol. The molecule has 2 N–H and O–H groups in total. The standard InChI is InChI=1S/C14H18N4O2S/c1-18-10(6-7-16-18)9-15-14(21)17-12-5-4-11(19-2)8-13(12)20-3/h4-8H,9H2,1-3H3,(H2,15,17,21). The topological polar surface area (TPSA) is 60.3 Å². The number of nitrogens with zero attached hydrogens (tertiary/aromatic N) is 2. The number of aromatic nitrogens is 2. The summed E-state index contributed by atoms with van der Waals surface area (Å²) < 4.78 is 12.3. The SMILES string of the molecule is COc1ccc(NC(=S)NCc2ccnn2C)c(OC)c1. The maximum Gasteiger partial charge on any atom is 0.171 e. The number of benzene rings is 1. The number of hydrogen-bond acceptors (Lipinski definition) is 4. The molecule has 112 valence electrons. The van der Waals surface area contributed by atoms with E-state index in [1.165, 1.54) is 0 Å². The van der Waals surface area contributed by atoms with Crippen LogP contribution in [-0.4, -0.2) is 29.1 Å². The van der Waals surface area contributed by atoms with Gasteiger partial charge in [0.25, 0.3) is 0 Å². The maximum atomic E-state index is 5.31. The molecule has 1 aromatic carbocycles. The molecule has 0 amide bonds. The zero-order valence-electron chi connectivity index (χ0n) is 12.2. The minimum atomic E-state index is 0.514. The van der Waals surface area contributed by atoms with Gasteiger partial charge in [0.05, 0.1) is 32.1 Å². The van der Waals surface area contributed by atoms with Gasteiger partial charge in [0.2, 0.25) is 0 Å². The fraction of sp³-hybridized carbons (Fsp3) is 0.286. The third-order valence-electron chi connectivity index (χ3n) is 3.01. The van der Waals surface area contributed by atoms with E-state index in [-0.39, 0.29) is 0 Å². The van der Waals surface area contributed by atoms with E-state index in [1.54, 1.807) is 31.2 Å². The fourth-order valence-corrected chi connectivity index (χ4v) is 2.00. The Hall–Kier alpha value is -2.28. The van der Waals surface area contributed by atoms with Crippen molar-refractivity contribution < 1.29 is 9.47 Å². The molecule has 2 rings (SSSR count). The highest BCUT2D eigenvalue weighted by atomic mass is 32.1. The molecule has 0 bridgehead atoms. The Labute approximate surface area is 129 Å². The van der Waals surface area contributed by atoms with Crippen LogP contribution in [0.2, 0.25) is 0 Å². The van der Waals surface area contributed by atoms with Crippen molar-refractivity contribution in [1.29, 1.82) is 0 Å². The number of aryl methyl sites for hydroxylation is 1. The molecule has 0 unspecified atom stereocenters. The van der Waals surface area contributed by atoms with E-state index >= 15 is 0 Å². The predicted molar refractivity (Wildman–Crippen MR) is 85.8 cm³/mol. The van der Waals surface area contributed by atoms with Gasteiger partial charge in [-0.1, -0.05) is 0 Å². The van der Waals surface area contributed by atoms with Crippen molar-refractivity contribution in [1.82, 2.24) is 15.1 Å². The zero-order valence-corrected chi connectivity index (χ0v) is 13.0. The Morgan fingerprint density at radius 2 is 2.10 bits per heavy atom. The van der Waals surface area contributed by atoms with Crippen LogP contribution in [0, 0.1) is 0 Å². The Kier molecular flexibility index (Phi) is 4.99. The Balaban J connectivity index is 1.97. The van der Waals surface area contributed by atoms with E-state index in [4.69, 9.17) is 21.7 Å². The molecule has 0 saturated heterocycles. The molecule has 0 aliphatic rings. The van der Waals surface area contributed by atoms with E-state index in [0.29, 0.717) is 17.4 Å². The van der Waals surface area contributed by atoms with E-state index in [2.05, 4.69) is 15.7 Å². The van der Waals surface area contributed by atoms with Crippen LogP contribution in [0.5, 0.6) is 11.5 Å². The summed E-state index contributed by atoms with van der Waals surface area (Å²) in [5.41, 5.74) is 1.82. The number of ether oxygens (including phenoxy) is 2. The quantitative estimate of drug-likeness (QED) is 0.823. The summed E-state index contributed by atoms with van der Waals surface area (Å²) in [5, 5.41) is 10.8. The highest BCUT2D eigenvalue weighted by Crippen LogP contribution is 2.28. The molecule has 2 aromatic rings. The lowest BCUT2D eigenvalue weighted by molar-refractivity contribution is 0.395. The van der Waals surface area contributed by atoms with Gasteiger partial charge in [-0.15, -0.1) is 0 Å². The first-order chi connectivity index (χ1) is 10.1. The molecule has 0 saturated carbocycles. The summed E-state index contributed by atoms with van der Waals surface area (Å²) in [6, 6.07) is 7.43. The molecule has 0 spiro atoms. The highest BCUT2D eigenvalue weighted by molar-refractivity contribution is 7.80. The number of methoxy groups -OCH3 is 2. The molecule has 6 nitrogen and oxygen atoms in total. The summed E-state index contributed by atoms with van der Waals surface area (Å²) in [6.07, 6.45) is 1.75.